The second kappa shape index (κ2) is 16.2. The van der Waals surface area contributed by atoms with E-state index in [1.54, 1.807) is 0 Å². The van der Waals surface area contributed by atoms with E-state index in [9.17, 15) is 0 Å². The fourth-order valence-corrected chi connectivity index (χ4v) is 6.83. The molecular weight excluding hydrogens is 636 g/mol. The van der Waals surface area contributed by atoms with Crippen molar-refractivity contribution in [1.29, 1.82) is 0 Å². The standard InChI is InChI=1S/C21H23.C20H21.2CH3.Si.Zr/c1-13(2)18-11-17-7-6-8-19(20(17)12-18)21-15(4)9-14(3)10-16(21)5;1-12-8-15(4)20(16(5)9-12)17-7-6-14(3)18-10-13(2)11-19(17)18;;;;/h6-13H,1-5H3;6-11H,1-5H3;2*1H3;;/q4*-1;;. The number of hydrogen-bond acceptors (Lipinski definition) is 0. The summed E-state index contributed by atoms with van der Waals surface area (Å²) in [7, 11) is 0. The summed E-state index contributed by atoms with van der Waals surface area (Å²) in [4.78, 5) is 0. The number of fused-ring (bicyclic) bond motifs is 2. The van der Waals surface area contributed by atoms with E-state index >= 15 is 0 Å². The van der Waals surface area contributed by atoms with Gasteiger partial charge in [-0.25, -0.2) is 0 Å². The number of rotatable bonds is 3. The van der Waals surface area contributed by atoms with E-state index in [0.29, 0.717) is 5.92 Å². The van der Waals surface area contributed by atoms with Gasteiger partial charge in [0.15, 0.2) is 0 Å². The van der Waals surface area contributed by atoms with Crippen LogP contribution in [-0.4, -0.2) is 6.88 Å². The molecule has 0 aliphatic heterocycles. The molecule has 0 amide bonds. The van der Waals surface area contributed by atoms with E-state index in [-0.39, 0.29) is 14.9 Å². The van der Waals surface area contributed by atoms with Gasteiger partial charge in [0.25, 0.3) is 0 Å². The van der Waals surface area contributed by atoms with Crippen LogP contribution in [0.25, 0.3) is 43.8 Å². The molecule has 6 aromatic rings. The Bertz CT molecular complexity index is 1860. The fraction of sp³-hybridized carbons (Fsp3) is 0.256. The molecule has 6 rings (SSSR count). The average Bonchev–Trinajstić information content (AvgIpc) is 3.55. The molecule has 2 heteroatoms. The molecule has 2 radical (unpaired) electrons. The summed E-state index contributed by atoms with van der Waals surface area (Å²) < 4.78 is 0. The molecule has 234 valence electrons. The predicted molar refractivity (Wildman–Crippen MR) is 201 cm³/mol. The topological polar surface area (TPSA) is 0 Å². The van der Waals surface area contributed by atoms with Crippen molar-refractivity contribution in [3.05, 3.63) is 144 Å². The Balaban J connectivity index is 0.000000285. The van der Waals surface area contributed by atoms with Crippen LogP contribution in [-0.2, 0) is 23.3 Å². The first-order valence-corrected chi connectivity index (χ1v) is 19.4. The van der Waals surface area contributed by atoms with Crippen molar-refractivity contribution in [2.45, 2.75) is 75.2 Å². The average molecular weight is 686 g/mol. The van der Waals surface area contributed by atoms with Crippen LogP contribution in [0.5, 0.6) is 0 Å². The van der Waals surface area contributed by atoms with Gasteiger partial charge in [0, 0.05) is 0 Å². The van der Waals surface area contributed by atoms with Crippen LogP contribution in [0.15, 0.2) is 78.9 Å². The molecule has 0 fully saturated rings. The van der Waals surface area contributed by atoms with E-state index in [4.69, 9.17) is 0 Å². The Kier molecular flexibility index (Phi) is 13.8. The van der Waals surface area contributed by atoms with Gasteiger partial charge in [-0.2, -0.15) is 12.1 Å². The predicted octanol–water partition coefficient (Wildman–Crippen LogP) is 12.6. The van der Waals surface area contributed by atoms with E-state index in [0.717, 1.165) is 0 Å². The first-order chi connectivity index (χ1) is 20.4. The zero-order valence-corrected chi connectivity index (χ0v) is 33.0. The Morgan fingerprint density at radius 2 is 1.04 bits per heavy atom. The van der Waals surface area contributed by atoms with E-state index in [2.05, 4.69) is 155 Å². The van der Waals surface area contributed by atoms with Gasteiger partial charge < -0.3 is 14.9 Å². The van der Waals surface area contributed by atoms with Crippen molar-refractivity contribution in [1.82, 2.24) is 0 Å². The Morgan fingerprint density at radius 1 is 0.556 bits per heavy atom. The number of benzene rings is 4. The van der Waals surface area contributed by atoms with Crippen LogP contribution in [0.2, 0.25) is 0 Å². The molecular formula is C43H50SiZr-4. The summed E-state index contributed by atoms with van der Waals surface area (Å²) in [6, 6.07) is 29.6. The van der Waals surface area contributed by atoms with Gasteiger partial charge >= 0.3 is 30.2 Å². The summed E-state index contributed by atoms with van der Waals surface area (Å²) in [6.45, 7) is 25.2. The molecule has 0 aromatic heterocycles. The molecule has 0 unspecified atom stereocenters. The van der Waals surface area contributed by atoms with Crippen molar-refractivity contribution in [2.75, 3.05) is 0 Å². The second-order valence-corrected chi connectivity index (χ2v) is 12.6. The van der Waals surface area contributed by atoms with Crippen molar-refractivity contribution in [3.63, 3.8) is 0 Å². The molecule has 0 aliphatic carbocycles. The van der Waals surface area contributed by atoms with Crippen LogP contribution in [0.3, 0.4) is 0 Å². The summed E-state index contributed by atoms with van der Waals surface area (Å²) in [6.07, 6.45) is 0. The van der Waals surface area contributed by atoms with Gasteiger partial charge in [0.1, 0.15) is 0 Å². The summed E-state index contributed by atoms with van der Waals surface area (Å²) in [5.74, 6) is 0.575. The third-order valence-corrected chi connectivity index (χ3v) is 8.58. The van der Waals surface area contributed by atoms with Crippen LogP contribution in [0, 0.1) is 70.2 Å². The minimum absolute atomic E-state index is 0. The maximum atomic E-state index is 3.06. The zero-order chi connectivity index (χ0) is 31.6. The van der Waals surface area contributed by atoms with Gasteiger partial charge in [0.05, 0.1) is 0 Å². The van der Waals surface area contributed by atoms with Crippen LogP contribution >= 0.6 is 0 Å². The van der Waals surface area contributed by atoms with Gasteiger partial charge in [-0.05, 0) is 80.8 Å². The monoisotopic (exact) mass is 684 g/mol. The van der Waals surface area contributed by atoms with E-state index in [1.807, 2.05) is 0 Å². The van der Waals surface area contributed by atoms with Crippen LogP contribution in [0.1, 0.15) is 69.8 Å². The molecule has 45 heavy (non-hydrogen) atoms. The molecule has 0 atom stereocenters. The van der Waals surface area contributed by atoms with E-state index < -0.39 is 0 Å². The molecule has 0 bridgehead atoms. The normalized spacial score (nSPS) is 10.4. The van der Waals surface area contributed by atoms with Gasteiger partial charge in [-0.1, -0.05) is 86.3 Å². The third kappa shape index (κ3) is 8.14. The first kappa shape index (κ1) is 38.4. The van der Waals surface area contributed by atoms with Gasteiger partial charge in [0.2, 0.25) is 0 Å². The number of aryl methyl sites for hydroxylation is 8. The number of hydrogen-bond donors (Lipinski definition) is 0. The second-order valence-electron chi connectivity index (χ2n) is 12.6. The molecule has 0 aliphatic rings. The summed E-state index contributed by atoms with van der Waals surface area (Å²) in [5, 5.41) is 5.52. The Morgan fingerprint density at radius 3 is 1.53 bits per heavy atom. The summed E-state index contributed by atoms with van der Waals surface area (Å²) >= 11 is 1.36. The molecule has 0 N–H and O–H groups in total. The van der Waals surface area contributed by atoms with Crippen molar-refractivity contribution < 1.29 is 23.3 Å². The molecule has 0 heterocycles. The molecule has 6 aromatic carbocycles. The quantitative estimate of drug-likeness (QED) is 0.128. The maximum absolute atomic E-state index is 3.06. The molecule has 0 nitrogen and oxygen atoms in total. The molecule has 0 spiro atoms. The fourth-order valence-electron chi connectivity index (χ4n) is 6.83. The van der Waals surface area contributed by atoms with Crippen molar-refractivity contribution in [3.8, 4) is 22.3 Å². The minimum atomic E-state index is 0. The zero-order valence-electron chi connectivity index (χ0n) is 29.6. The Labute approximate surface area is 291 Å². The van der Waals surface area contributed by atoms with Crippen LogP contribution in [0.4, 0.5) is 0 Å². The first-order valence-electron chi connectivity index (χ1n) is 15.2. The molecule has 0 saturated carbocycles. The Hall–Kier alpha value is -2.80. The molecule has 0 saturated heterocycles. The van der Waals surface area contributed by atoms with E-state index in [1.165, 1.54) is 117 Å². The van der Waals surface area contributed by atoms with Crippen molar-refractivity contribution >= 4 is 28.4 Å². The third-order valence-electron chi connectivity index (χ3n) is 8.58. The van der Waals surface area contributed by atoms with Gasteiger partial charge in [-0.3, -0.25) is 0 Å². The SMILES string of the molecule is Cc1cc(C)c(-c2ccc(C)c3[cH-]c(C)cc23)c(C)c1.Cc1cc(C)c(-c2cccc3[cH-]c(C(C)C)cc23)c(C)c1.[CH3-].[CH3-].[Si]=[Zr]. The van der Waals surface area contributed by atoms with Crippen molar-refractivity contribution in [2.24, 2.45) is 0 Å². The summed E-state index contributed by atoms with van der Waals surface area (Å²) in [5.41, 5.74) is 17.8. The van der Waals surface area contributed by atoms with Crippen LogP contribution < -0.4 is 0 Å². The van der Waals surface area contributed by atoms with Gasteiger partial charge in [-0.15, -0.1) is 68.6 Å².